The van der Waals surface area contributed by atoms with E-state index in [2.05, 4.69) is 38.2 Å². The molecule has 0 fully saturated rings. The lowest BCUT2D eigenvalue weighted by Gasteiger charge is -2.06. The number of carboxylic acids is 1. The van der Waals surface area contributed by atoms with E-state index in [1.807, 2.05) is 6.26 Å². The summed E-state index contributed by atoms with van der Waals surface area (Å²) in [6, 6.07) is 0. The number of allylic oxidation sites excluding steroid dienone is 5. The van der Waals surface area contributed by atoms with Crippen LogP contribution in [0.1, 0.15) is 136 Å². The lowest BCUT2D eigenvalue weighted by molar-refractivity contribution is -0.137. The van der Waals surface area contributed by atoms with Crippen molar-refractivity contribution in [2.45, 2.75) is 136 Å². The van der Waals surface area contributed by atoms with Crippen LogP contribution in [-0.4, -0.2) is 11.1 Å². The van der Waals surface area contributed by atoms with Crippen LogP contribution in [0.5, 0.6) is 0 Å². The average Bonchev–Trinajstić information content (AvgIpc) is 2.75. The smallest absolute Gasteiger partial charge is 0.303 e. The van der Waals surface area contributed by atoms with Crippen LogP contribution in [-0.2, 0) is 9.53 Å². The van der Waals surface area contributed by atoms with Gasteiger partial charge in [-0.3, -0.25) is 4.79 Å². The van der Waals surface area contributed by atoms with Crippen LogP contribution in [0, 0.1) is 0 Å². The molecule has 0 saturated heterocycles. The van der Waals surface area contributed by atoms with E-state index in [0.29, 0.717) is 6.42 Å². The average molecular weight is 435 g/mol. The third-order valence-corrected chi connectivity index (χ3v) is 5.50. The Kier molecular flexibility index (Phi) is 23.6. The molecule has 0 spiro atoms. The summed E-state index contributed by atoms with van der Waals surface area (Å²) >= 11 is 0. The maximum absolute atomic E-state index is 10.5. The Morgan fingerprint density at radius 3 is 1.87 bits per heavy atom. The number of hydrogen-bond acceptors (Lipinski definition) is 2. The van der Waals surface area contributed by atoms with Crippen molar-refractivity contribution in [3.63, 3.8) is 0 Å². The van der Waals surface area contributed by atoms with Crippen LogP contribution in [0.25, 0.3) is 0 Å². The summed E-state index contributed by atoms with van der Waals surface area (Å²) in [4.78, 5) is 10.5. The van der Waals surface area contributed by atoms with Crippen molar-refractivity contribution in [2.24, 2.45) is 0 Å². The molecule has 3 nitrogen and oxygen atoms in total. The van der Waals surface area contributed by atoms with Crippen LogP contribution in [0.4, 0.5) is 0 Å². The maximum Gasteiger partial charge on any atom is 0.303 e. The molecule has 0 saturated carbocycles. The summed E-state index contributed by atoms with van der Waals surface area (Å²) in [6.45, 7) is 4.48. The van der Waals surface area contributed by atoms with Gasteiger partial charge in [0.1, 0.15) is 5.76 Å². The van der Waals surface area contributed by atoms with Gasteiger partial charge in [0.05, 0.1) is 6.26 Å². The number of carboxylic acid groups (broad SMARTS) is 1. The Balaban J connectivity index is 4.08. The van der Waals surface area contributed by atoms with Crippen LogP contribution in [0.2, 0.25) is 0 Å². The molecular weight excluding hydrogens is 384 g/mol. The molecule has 0 rings (SSSR count). The van der Waals surface area contributed by atoms with Crippen molar-refractivity contribution in [3.8, 4) is 0 Å². The topological polar surface area (TPSA) is 46.5 Å². The van der Waals surface area contributed by atoms with Crippen molar-refractivity contribution >= 4 is 5.97 Å². The number of aliphatic carboxylic acids is 1. The third kappa shape index (κ3) is 24.6. The van der Waals surface area contributed by atoms with Crippen LogP contribution >= 0.6 is 0 Å². The molecule has 0 bridgehead atoms. The van der Waals surface area contributed by atoms with E-state index in [-0.39, 0.29) is 0 Å². The van der Waals surface area contributed by atoms with Gasteiger partial charge >= 0.3 is 5.97 Å². The first-order valence-electron chi connectivity index (χ1n) is 13.1. The van der Waals surface area contributed by atoms with Crippen molar-refractivity contribution in [1.29, 1.82) is 0 Å². The lowest BCUT2D eigenvalue weighted by atomic mass is 10.1. The highest BCUT2D eigenvalue weighted by Gasteiger charge is 1.98. The first-order chi connectivity index (χ1) is 15.2. The summed E-state index contributed by atoms with van der Waals surface area (Å²) in [5.74, 6) is 0.392. The third-order valence-electron chi connectivity index (χ3n) is 5.50. The van der Waals surface area contributed by atoms with Crippen molar-refractivity contribution in [2.75, 3.05) is 0 Å². The zero-order chi connectivity index (χ0) is 22.8. The number of rotatable bonds is 23. The molecule has 180 valence electrons. The van der Waals surface area contributed by atoms with E-state index in [0.717, 1.165) is 44.3 Å². The minimum absolute atomic E-state index is 0.305. The second kappa shape index (κ2) is 24.8. The van der Waals surface area contributed by atoms with E-state index in [1.165, 1.54) is 77.0 Å². The highest BCUT2D eigenvalue weighted by Crippen LogP contribution is 2.15. The molecular formula is C28H50O3. The van der Waals surface area contributed by atoms with Gasteiger partial charge in [-0.2, -0.15) is 0 Å². The number of unbranched alkanes of at least 4 members (excludes halogenated alkanes) is 14. The van der Waals surface area contributed by atoms with Crippen LogP contribution in [0.15, 0.2) is 36.3 Å². The Morgan fingerprint density at radius 1 is 0.677 bits per heavy atom. The van der Waals surface area contributed by atoms with Gasteiger partial charge in [-0.15, -0.1) is 0 Å². The quantitative estimate of drug-likeness (QED) is 0.0989. The molecule has 1 N–H and O–H groups in total. The minimum Gasteiger partial charge on any atom is -0.481 e. The molecule has 0 aliphatic rings. The molecule has 0 radical (unpaired) electrons. The molecule has 0 aliphatic heterocycles. The van der Waals surface area contributed by atoms with Gasteiger partial charge < -0.3 is 9.84 Å². The van der Waals surface area contributed by atoms with Gasteiger partial charge in [0.2, 0.25) is 0 Å². The molecule has 0 aromatic rings. The first kappa shape index (κ1) is 29.5. The van der Waals surface area contributed by atoms with E-state index in [9.17, 15) is 4.79 Å². The van der Waals surface area contributed by atoms with E-state index in [4.69, 9.17) is 9.84 Å². The largest absolute Gasteiger partial charge is 0.481 e. The fraction of sp³-hybridized carbons (Fsp3) is 0.750. The number of ether oxygens (including phenoxy) is 1. The second-order valence-corrected chi connectivity index (χ2v) is 8.62. The molecule has 3 heteroatoms. The van der Waals surface area contributed by atoms with Gasteiger partial charge in [-0.25, -0.2) is 0 Å². The molecule has 0 heterocycles. The summed E-state index contributed by atoms with van der Waals surface area (Å²) < 4.78 is 5.92. The zero-order valence-electron chi connectivity index (χ0n) is 20.6. The van der Waals surface area contributed by atoms with Gasteiger partial charge in [-0.1, -0.05) is 96.6 Å². The van der Waals surface area contributed by atoms with Gasteiger partial charge in [0, 0.05) is 12.8 Å². The molecule has 31 heavy (non-hydrogen) atoms. The lowest BCUT2D eigenvalue weighted by Crippen LogP contribution is -1.93. The maximum atomic E-state index is 10.5. The number of hydrogen-bond donors (Lipinski definition) is 1. The summed E-state index contributed by atoms with van der Waals surface area (Å²) in [5, 5.41) is 8.64. The van der Waals surface area contributed by atoms with Crippen molar-refractivity contribution < 1.29 is 14.6 Å². The molecule has 0 atom stereocenters. The molecule has 0 amide bonds. The minimum atomic E-state index is -0.681. The SMILES string of the molecule is CCCCC=COC(=CC=CCCCCCCCC(=O)O)CCCCCCCCCC. The molecule has 0 aromatic heterocycles. The first-order valence-corrected chi connectivity index (χ1v) is 13.1. The molecule has 0 unspecified atom stereocenters. The monoisotopic (exact) mass is 434 g/mol. The Labute approximate surface area is 193 Å². The standard InChI is InChI=1S/C28H50O3/c1-3-5-7-9-10-13-16-19-23-27(31-26-22-8-6-4-2)24-20-17-14-11-12-15-18-21-25-28(29)30/h17,20,22,24,26H,3-16,18-19,21,23,25H2,1-2H3,(H,29,30). The summed E-state index contributed by atoms with van der Waals surface area (Å²) in [5.41, 5.74) is 0. The van der Waals surface area contributed by atoms with Crippen molar-refractivity contribution in [3.05, 3.63) is 36.3 Å². The Hall–Kier alpha value is -1.51. The van der Waals surface area contributed by atoms with Gasteiger partial charge in [0.15, 0.2) is 0 Å². The fourth-order valence-electron chi connectivity index (χ4n) is 3.48. The van der Waals surface area contributed by atoms with Crippen molar-refractivity contribution in [1.82, 2.24) is 0 Å². The number of carbonyl (C=O) groups is 1. The Bertz CT molecular complexity index is 477. The zero-order valence-corrected chi connectivity index (χ0v) is 20.6. The van der Waals surface area contributed by atoms with E-state index >= 15 is 0 Å². The highest BCUT2D eigenvalue weighted by atomic mass is 16.5. The van der Waals surface area contributed by atoms with Crippen LogP contribution < -0.4 is 0 Å². The molecule has 0 aromatic carbocycles. The summed E-state index contributed by atoms with van der Waals surface area (Å²) in [6.07, 6.45) is 32.4. The highest BCUT2D eigenvalue weighted by molar-refractivity contribution is 5.66. The van der Waals surface area contributed by atoms with Gasteiger partial charge in [0.25, 0.3) is 0 Å². The summed E-state index contributed by atoms with van der Waals surface area (Å²) in [7, 11) is 0. The second-order valence-electron chi connectivity index (χ2n) is 8.62. The Morgan fingerprint density at radius 2 is 1.23 bits per heavy atom. The predicted octanol–water partition coefficient (Wildman–Crippen LogP) is 9.49. The fourth-order valence-corrected chi connectivity index (χ4v) is 3.48. The van der Waals surface area contributed by atoms with Gasteiger partial charge in [-0.05, 0) is 50.7 Å². The van der Waals surface area contributed by atoms with Crippen LogP contribution in [0.3, 0.4) is 0 Å². The molecule has 0 aliphatic carbocycles. The predicted molar refractivity (Wildman–Crippen MR) is 134 cm³/mol. The normalized spacial score (nSPS) is 12.3. The van der Waals surface area contributed by atoms with E-state index < -0.39 is 5.97 Å². The van der Waals surface area contributed by atoms with E-state index in [1.54, 1.807) is 0 Å².